The third kappa shape index (κ3) is 4.83. The van der Waals surface area contributed by atoms with E-state index in [0.29, 0.717) is 15.1 Å². The topological polar surface area (TPSA) is 113 Å². The van der Waals surface area contributed by atoms with Crippen LogP contribution in [0.15, 0.2) is 53.4 Å². The number of amides is 1. The maximum Gasteiger partial charge on any atom is 0.330 e. The molecule has 27 heavy (non-hydrogen) atoms. The van der Waals surface area contributed by atoms with E-state index in [4.69, 9.17) is 11.6 Å². The van der Waals surface area contributed by atoms with E-state index < -0.39 is 27.9 Å². The Hall–Kier alpha value is -2.46. The van der Waals surface area contributed by atoms with E-state index in [9.17, 15) is 23.1 Å². The molecule has 0 radical (unpaired) electrons. The minimum absolute atomic E-state index is 0.0733. The van der Waals surface area contributed by atoms with Gasteiger partial charge in [0.15, 0.2) is 6.04 Å². The summed E-state index contributed by atoms with van der Waals surface area (Å²) in [7, 11) is -1.40. The monoisotopic (exact) mass is 412 g/mol. The molecule has 2 aromatic carbocycles. The first-order chi connectivity index (χ1) is 12.7. The fraction of sp³-hybridized carbons (Fsp3) is 0.176. The largest absolute Gasteiger partial charge is 0.479 e. The van der Waals surface area contributed by atoms with E-state index in [-0.39, 0.29) is 10.5 Å². The molecule has 1 amide bonds. The van der Waals surface area contributed by atoms with Crippen molar-refractivity contribution in [3.05, 3.63) is 64.7 Å². The molecule has 10 heteroatoms. The molecule has 2 aromatic rings. The Labute approximate surface area is 161 Å². The third-order valence-corrected chi connectivity index (χ3v) is 5.68. The van der Waals surface area contributed by atoms with Gasteiger partial charge in [0.2, 0.25) is 0 Å². The molecule has 0 heterocycles. The average molecular weight is 413 g/mol. The Kier molecular flexibility index (Phi) is 6.55. The second kappa shape index (κ2) is 8.49. The molecule has 2 N–H and O–H groups in total. The molecular formula is C17H17ClN2O6S. The van der Waals surface area contributed by atoms with Gasteiger partial charge in [0.25, 0.3) is 15.9 Å². The van der Waals surface area contributed by atoms with Crippen molar-refractivity contribution in [1.29, 1.82) is 0 Å². The lowest BCUT2D eigenvalue weighted by atomic mass is 10.1. The van der Waals surface area contributed by atoms with Crippen LogP contribution >= 0.6 is 11.6 Å². The normalized spacial score (nSPS) is 12.6. The Morgan fingerprint density at radius 2 is 1.67 bits per heavy atom. The van der Waals surface area contributed by atoms with E-state index in [1.54, 1.807) is 0 Å². The van der Waals surface area contributed by atoms with Gasteiger partial charge >= 0.3 is 5.97 Å². The Morgan fingerprint density at radius 1 is 1.11 bits per heavy atom. The van der Waals surface area contributed by atoms with Crippen molar-refractivity contribution in [3.63, 3.8) is 0 Å². The molecule has 0 saturated heterocycles. The van der Waals surface area contributed by atoms with E-state index in [2.05, 4.69) is 10.2 Å². The lowest BCUT2D eigenvalue weighted by Crippen LogP contribution is -2.33. The van der Waals surface area contributed by atoms with Crippen LogP contribution in [0.4, 0.5) is 0 Å². The number of nitrogens with zero attached hydrogens (tertiary/aromatic N) is 1. The molecule has 0 spiro atoms. The molecule has 0 aliphatic heterocycles. The van der Waals surface area contributed by atoms with Gasteiger partial charge in [0, 0.05) is 17.6 Å². The molecule has 0 saturated carbocycles. The van der Waals surface area contributed by atoms with Gasteiger partial charge in [-0.1, -0.05) is 28.2 Å². The highest BCUT2D eigenvalue weighted by Gasteiger charge is 2.24. The highest BCUT2D eigenvalue weighted by Crippen LogP contribution is 2.19. The number of carboxylic acid groups (broad SMARTS) is 1. The van der Waals surface area contributed by atoms with Crippen LogP contribution in [0.1, 0.15) is 22.0 Å². The van der Waals surface area contributed by atoms with Gasteiger partial charge in [0.1, 0.15) is 0 Å². The zero-order chi connectivity index (χ0) is 20.2. The van der Waals surface area contributed by atoms with Crippen LogP contribution in [0, 0.1) is 0 Å². The minimum Gasteiger partial charge on any atom is -0.479 e. The lowest BCUT2D eigenvalue weighted by Gasteiger charge is -2.16. The van der Waals surface area contributed by atoms with Crippen molar-refractivity contribution in [2.24, 2.45) is 0 Å². The van der Waals surface area contributed by atoms with Crippen molar-refractivity contribution >= 4 is 33.5 Å². The third-order valence-electron chi connectivity index (χ3n) is 3.74. The van der Waals surface area contributed by atoms with Crippen LogP contribution in [-0.2, 0) is 19.7 Å². The zero-order valence-corrected chi connectivity index (χ0v) is 16.0. The number of benzene rings is 2. The number of carboxylic acids is 1. The second-order valence-electron chi connectivity index (χ2n) is 5.42. The average Bonchev–Trinajstić information content (AvgIpc) is 2.65. The Morgan fingerprint density at radius 3 is 2.15 bits per heavy atom. The van der Waals surface area contributed by atoms with Gasteiger partial charge in [-0.2, -0.15) is 0 Å². The number of nitrogens with one attached hydrogen (secondary N) is 1. The first kappa shape index (κ1) is 20.8. The minimum atomic E-state index is -3.84. The standard InChI is InChI=1S/C17H17ClN2O6S/c1-20(26-2)27(24,25)14-9-5-12(6-10-14)16(21)19-15(17(22)23)11-3-7-13(18)8-4-11/h3-10,15H,1-2H3,(H,19,21)(H,22,23)/t15-/m0/s1. The van der Waals surface area contributed by atoms with Crippen LogP contribution in [0.25, 0.3) is 0 Å². The van der Waals surface area contributed by atoms with E-state index >= 15 is 0 Å². The summed E-state index contributed by atoms with van der Waals surface area (Å²) in [5.74, 6) is -1.91. The molecule has 0 unspecified atom stereocenters. The quantitative estimate of drug-likeness (QED) is 0.673. The number of aliphatic carboxylic acids is 1. The van der Waals surface area contributed by atoms with Gasteiger partial charge < -0.3 is 10.4 Å². The smallest absolute Gasteiger partial charge is 0.330 e. The molecule has 2 rings (SSSR count). The number of halogens is 1. The molecule has 144 valence electrons. The summed E-state index contributed by atoms with van der Waals surface area (Å²) in [5, 5.41) is 12.2. The van der Waals surface area contributed by atoms with Crippen molar-refractivity contribution in [2.75, 3.05) is 14.2 Å². The number of carbonyl (C=O) groups excluding carboxylic acids is 1. The van der Waals surface area contributed by atoms with Crippen LogP contribution in [0.2, 0.25) is 5.02 Å². The highest BCUT2D eigenvalue weighted by atomic mass is 35.5. The summed E-state index contributed by atoms with van der Waals surface area (Å²) in [6.45, 7) is 0. The van der Waals surface area contributed by atoms with Crippen molar-refractivity contribution in [1.82, 2.24) is 9.79 Å². The van der Waals surface area contributed by atoms with Crippen LogP contribution in [0.5, 0.6) is 0 Å². The molecule has 0 aliphatic carbocycles. The van der Waals surface area contributed by atoms with Gasteiger partial charge in [-0.3, -0.25) is 9.63 Å². The summed E-state index contributed by atoms with van der Waals surface area (Å²) in [6.07, 6.45) is 0. The Bertz CT molecular complexity index is 929. The van der Waals surface area contributed by atoms with Crippen molar-refractivity contribution < 1.29 is 28.0 Å². The number of carbonyl (C=O) groups is 2. The van der Waals surface area contributed by atoms with Crippen LogP contribution in [0.3, 0.4) is 0 Å². The zero-order valence-electron chi connectivity index (χ0n) is 14.4. The summed E-state index contributed by atoms with van der Waals surface area (Å²) in [6, 6.07) is 9.79. The van der Waals surface area contributed by atoms with Gasteiger partial charge in [-0.15, -0.1) is 0 Å². The second-order valence-corrected chi connectivity index (χ2v) is 7.79. The molecule has 0 fully saturated rings. The summed E-state index contributed by atoms with van der Waals surface area (Å²) < 4.78 is 25.0. The van der Waals surface area contributed by atoms with E-state index in [0.717, 1.165) is 0 Å². The van der Waals surface area contributed by atoms with Crippen molar-refractivity contribution in [2.45, 2.75) is 10.9 Å². The summed E-state index contributed by atoms with van der Waals surface area (Å²) >= 11 is 5.79. The maximum absolute atomic E-state index is 12.4. The van der Waals surface area contributed by atoms with Gasteiger partial charge in [-0.25, -0.2) is 13.2 Å². The molecule has 0 aliphatic rings. The Balaban J connectivity index is 2.21. The van der Waals surface area contributed by atoms with Gasteiger partial charge in [-0.05, 0) is 42.0 Å². The number of hydroxylamine groups is 1. The highest BCUT2D eigenvalue weighted by molar-refractivity contribution is 7.89. The predicted molar refractivity (Wildman–Crippen MR) is 97.7 cm³/mol. The number of hydrogen-bond donors (Lipinski definition) is 2. The summed E-state index contributed by atoms with van der Waals surface area (Å²) in [5.41, 5.74) is 0.454. The lowest BCUT2D eigenvalue weighted by molar-refractivity contribution is -0.139. The SMILES string of the molecule is CON(C)S(=O)(=O)c1ccc(C(=O)N[C@H](C(=O)O)c2ccc(Cl)cc2)cc1. The first-order valence-corrected chi connectivity index (χ1v) is 9.41. The first-order valence-electron chi connectivity index (χ1n) is 7.59. The van der Waals surface area contributed by atoms with Crippen LogP contribution < -0.4 is 5.32 Å². The number of sulfonamides is 1. The number of rotatable bonds is 7. The fourth-order valence-corrected chi connectivity index (χ4v) is 3.28. The van der Waals surface area contributed by atoms with E-state index in [1.165, 1.54) is 62.7 Å². The van der Waals surface area contributed by atoms with Crippen molar-refractivity contribution in [3.8, 4) is 0 Å². The summed E-state index contributed by atoms with van der Waals surface area (Å²) in [4.78, 5) is 28.5. The molecule has 1 atom stereocenters. The molecule has 0 aromatic heterocycles. The molecule has 8 nitrogen and oxygen atoms in total. The fourth-order valence-electron chi connectivity index (χ4n) is 2.18. The number of hydrogen-bond acceptors (Lipinski definition) is 5. The molecule has 0 bridgehead atoms. The van der Waals surface area contributed by atoms with E-state index in [1.807, 2.05) is 0 Å². The van der Waals surface area contributed by atoms with Gasteiger partial charge in [0.05, 0.1) is 12.0 Å². The van der Waals surface area contributed by atoms with Crippen LogP contribution in [-0.4, -0.2) is 44.0 Å². The maximum atomic E-state index is 12.4. The predicted octanol–water partition coefficient (Wildman–Crippen LogP) is 2.08. The molecular weight excluding hydrogens is 396 g/mol.